The fourth-order valence-electron chi connectivity index (χ4n) is 5.00. The zero-order chi connectivity index (χ0) is 23.0. The molecule has 1 amide bonds. The van der Waals surface area contributed by atoms with E-state index in [1.807, 2.05) is 41.1 Å². The van der Waals surface area contributed by atoms with Crippen molar-refractivity contribution in [2.45, 2.75) is 32.4 Å². The van der Waals surface area contributed by atoms with Crippen molar-refractivity contribution in [1.29, 1.82) is 0 Å². The maximum atomic E-state index is 11.0. The SMILES string of the molecule is C[C@H](O)c1nccn1Cc1cc(-c2ccc(C#CC3CC4(C3)CN(CC(N)=O)C4)cc2)on1. The van der Waals surface area contributed by atoms with E-state index in [0.29, 0.717) is 36.0 Å². The summed E-state index contributed by atoms with van der Waals surface area (Å²) < 4.78 is 7.38. The molecule has 2 aliphatic rings. The second kappa shape index (κ2) is 8.50. The van der Waals surface area contributed by atoms with Crippen LogP contribution in [0, 0.1) is 23.2 Å². The summed E-state index contributed by atoms with van der Waals surface area (Å²) in [6, 6.07) is 9.88. The van der Waals surface area contributed by atoms with E-state index in [0.717, 1.165) is 42.8 Å². The lowest BCUT2D eigenvalue weighted by Crippen LogP contribution is -2.63. The third-order valence-electron chi connectivity index (χ3n) is 6.46. The van der Waals surface area contributed by atoms with Crippen LogP contribution >= 0.6 is 0 Å². The van der Waals surface area contributed by atoms with E-state index in [-0.39, 0.29) is 5.91 Å². The number of carbonyl (C=O) groups excluding carboxylic acids is 1. The minimum atomic E-state index is -0.643. The molecule has 8 nitrogen and oxygen atoms in total. The summed E-state index contributed by atoms with van der Waals surface area (Å²) in [7, 11) is 0. The summed E-state index contributed by atoms with van der Waals surface area (Å²) in [6.07, 6.45) is 5.03. The Morgan fingerprint density at radius 2 is 2.09 bits per heavy atom. The summed E-state index contributed by atoms with van der Waals surface area (Å²) in [6.45, 7) is 4.46. The highest BCUT2D eigenvalue weighted by molar-refractivity contribution is 5.76. The molecule has 8 heteroatoms. The Labute approximate surface area is 192 Å². The summed E-state index contributed by atoms with van der Waals surface area (Å²) in [5.74, 6) is 8.13. The number of benzene rings is 1. The standard InChI is InChI=1S/C25H27N5O3/c1-17(31)24-27-8-9-30(24)13-21-10-22(33-28-21)20-6-4-18(5-7-20)2-3-19-11-25(12-19)15-29(16-25)14-23(26)32/h4-10,17,19,31H,11-16H2,1H3,(H2,26,32)/t17-/m0/s1. The maximum Gasteiger partial charge on any atom is 0.231 e. The Hall–Kier alpha value is -3.41. The highest BCUT2D eigenvalue weighted by Crippen LogP contribution is 2.51. The van der Waals surface area contributed by atoms with Crippen LogP contribution in [0.15, 0.2) is 47.2 Å². The molecule has 0 radical (unpaired) electrons. The van der Waals surface area contributed by atoms with E-state index in [9.17, 15) is 9.90 Å². The Balaban J connectivity index is 1.16. The van der Waals surface area contributed by atoms with Crippen molar-refractivity contribution in [1.82, 2.24) is 19.6 Å². The van der Waals surface area contributed by atoms with Gasteiger partial charge in [0.2, 0.25) is 5.91 Å². The first kappa shape index (κ1) is 21.4. The van der Waals surface area contributed by atoms with Crippen molar-refractivity contribution in [2.75, 3.05) is 19.6 Å². The normalized spacial score (nSPS) is 18.2. The molecule has 1 saturated heterocycles. The largest absolute Gasteiger partial charge is 0.385 e. The zero-order valence-corrected chi connectivity index (χ0v) is 18.6. The fraction of sp³-hybridized carbons (Fsp3) is 0.400. The van der Waals surface area contributed by atoms with Gasteiger partial charge in [-0.1, -0.05) is 17.0 Å². The molecule has 1 aliphatic carbocycles. The molecule has 3 N–H and O–H groups in total. The third kappa shape index (κ3) is 4.56. The number of carbonyl (C=O) groups is 1. The number of amides is 1. The Bertz CT molecular complexity index is 1200. The van der Waals surface area contributed by atoms with Crippen molar-refractivity contribution < 1.29 is 14.4 Å². The van der Waals surface area contributed by atoms with Crippen LogP contribution in [0.5, 0.6) is 0 Å². The van der Waals surface area contributed by atoms with Gasteiger partial charge >= 0.3 is 0 Å². The topological polar surface area (TPSA) is 110 Å². The number of hydrogen-bond acceptors (Lipinski definition) is 6. The van der Waals surface area contributed by atoms with Gasteiger partial charge in [-0.3, -0.25) is 9.69 Å². The quantitative estimate of drug-likeness (QED) is 0.563. The van der Waals surface area contributed by atoms with Crippen LogP contribution in [0.4, 0.5) is 0 Å². The van der Waals surface area contributed by atoms with Gasteiger partial charge in [0.1, 0.15) is 17.6 Å². The maximum absolute atomic E-state index is 11.0. The molecule has 170 valence electrons. The average Bonchev–Trinajstić information content (AvgIpc) is 3.38. The fourth-order valence-corrected chi connectivity index (χ4v) is 5.00. The molecule has 1 aliphatic heterocycles. The van der Waals surface area contributed by atoms with Crippen molar-refractivity contribution in [3.05, 3.63) is 59.8 Å². The van der Waals surface area contributed by atoms with Crippen molar-refractivity contribution in [3.63, 3.8) is 0 Å². The molecule has 3 heterocycles. The van der Waals surface area contributed by atoms with E-state index in [2.05, 4.69) is 26.9 Å². The minimum Gasteiger partial charge on any atom is -0.385 e. The average molecular weight is 446 g/mol. The lowest BCUT2D eigenvalue weighted by atomic mass is 9.58. The first-order chi connectivity index (χ1) is 15.9. The number of primary amides is 1. The monoisotopic (exact) mass is 445 g/mol. The van der Waals surface area contributed by atoms with Gasteiger partial charge in [-0.15, -0.1) is 0 Å². The molecule has 1 aromatic carbocycles. The number of hydrogen-bond donors (Lipinski definition) is 2. The first-order valence-corrected chi connectivity index (χ1v) is 11.2. The van der Waals surface area contributed by atoms with E-state index in [4.69, 9.17) is 10.3 Å². The highest BCUT2D eigenvalue weighted by Gasteiger charge is 2.51. The Morgan fingerprint density at radius 1 is 1.33 bits per heavy atom. The summed E-state index contributed by atoms with van der Waals surface area (Å²) in [5, 5.41) is 14.0. The highest BCUT2D eigenvalue weighted by atomic mass is 16.5. The summed E-state index contributed by atoms with van der Waals surface area (Å²) in [4.78, 5) is 17.3. The molecule has 3 aromatic rings. The van der Waals surface area contributed by atoms with Crippen molar-refractivity contribution >= 4 is 5.91 Å². The lowest BCUT2D eigenvalue weighted by molar-refractivity contribution is -0.127. The van der Waals surface area contributed by atoms with Crippen molar-refractivity contribution in [3.8, 4) is 23.2 Å². The van der Waals surface area contributed by atoms with Gasteiger partial charge in [-0.2, -0.15) is 0 Å². The van der Waals surface area contributed by atoms with Crippen molar-refractivity contribution in [2.24, 2.45) is 17.1 Å². The Morgan fingerprint density at radius 3 is 2.79 bits per heavy atom. The molecular weight excluding hydrogens is 418 g/mol. The van der Waals surface area contributed by atoms with Crippen LogP contribution in [-0.4, -0.2) is 50.3 Å². The van der Waals surface area contributed by atoms with Crippen LogP contribution in [0.1, 0.15) is 43.0 Å². The van der Waals surface area contributed by atoms with Gasteiger partial charge < -0.3 is 19.9 Å². The van der Waals surface area contributed by atoms with E-state index in [1.165, 1.54) is 0 Å². The smallest absolute Gasteiger partial charge is 0.231 e. The minimum absolute atomic E-state index is 0.255. The second-order valence-electron chi connectivity index (χ2n) is 9.34. The van der Waals surface area contributed by atoms with Gasteiger partial charge in [-0.05, 0) is 49.4 Å². The molecule has 0 unspecified atom stereocenters. The summed E-state index contributed by atoms with van der Waals surface area (Å²) >= 11 is 0. The number of nitrogens with two attached hydrogens (primary N) is 1. The van der Waals surface area contributed by atoms with Crippen LogP contribution in [-0.2, 0) is 11.3 Å². The van der Waals surface area contributed by atoms with Gasteiger partial charge in [0.15, 0.2) is 5.76 Å². The number of imidazole rings is 1. The lowest BCUT2D eigenvalue weighted by Gasteiger charge is -2.58. The van der Waals surface area contributed by atoms with E-state index >= 15 is 0 Å². The predicted octanol–water partition coefficient (Wildman–Crippen LogP) is 2.19. The van der Waals surface area contributed by atoms with Crippen LogP contribution in [0.25, 0.3) is 11.3 Å². The van der Waals surface area contributed by atoms with Gasteiger partial charge in [-0.25, -0.2) is 4.98 Å². The Kier molecular flexibility index (Phi) is 5.52. The first-order valence-electron chi connectivity index (χ1n) is 11.2. The molecule has 33 heavy (non-hydrogen) atoms. The molecule has 2 fully saturated rings. The molecular formula is C25H27N5O3. The number of aliphatic hydroxyl groups is 1. The number of aromatic nitrogens is 3. The molecule has 1 saturated carbocycles. The van der Waals surface area contributed by atoms with E-state index < -0.39 is 6.10 Å². The van der Waals surface area contributed by atoms with Crippen LogP contribution in [0.2, 0.25) is 0 Å². The molecule has 0 bridgehead atoms. The molecule has 2 aromatic heterocycles. The number of aliphatic hydroxyl groups excluding tert-OH is 1. The predicted molar refractivity (Wildman–Crippen MR) is 122 cm³/mol. The van der Waals surface area contributed by atoms with Crippen LogP contribution in [0.3, 0.4) is 0 Å². The van der Waals surface area contributed by atoms with Gasteiger partial charge in [0.25, 0.3) is 0 Å². The molecule has 1 atom stereocenters. The van der Waals surface area contributed by atoms with E-state index in [1.54, 1.807) is 13.1 Å². The van der Waals surface area contributed by atoms with Gasteiger partial charge in [0, 0.05) is 48.6 Å². The van der Waals surface area contributed by atoms with Gasteiger partial charge in [0.05, 0.1) is 13.1 Å². The van der Waals surface area contributed by atoms with Crippen LogP contribution < -0.4 is 5.73 Å². The number of rotatable bonds is 6. The summed E-state index contributed by atoms with van der Waals surface area (Å²) in [5.41, 5.74) is 8.29. The second-order valence-corrected chi connectivity index (χ2v) is 9.34. The molecule has 5 rings (SSSR count). The number of nitrogens with zero attached hydrogens (tertiary/aromatic N) is 4. The number of likely N-dealkylation sites (tertiary alicyclic amines) is 1. The third-order valence-corrected chi connectivity index (χ3v) is 6.46. The zero-order valence-electron chi connectivity index (χ0n) is 18.6. The molecule has 1 spiro atoms.